The lowest BCUT2D eigenvalue weighted by Gasteiger charge is -2.30. The summed E-state index contributed by atoms with van der Waals surface area (Å²) in [6.45, 7) is 0. The lowest BCUT2D eigenvalue weighted by atomic mass is 9.92. The molecule has 3 aliphatic rings. The SMILES string of the molecule is O=C1N[C@H]2Cc3ccc(O)c(c3)-c3cc(ccc3O)C[C@@H]1NC2=O. The number of benzene rings is 2. The van der Waals surface area contributed by atoms with Gasteiger partial charge in [0.15, 0.2) is 0 Å². The fourth-order valence-electron chi connectivity index (χ4n) is 3.29. The monoisotopic (exact) mass is 324 g/mol. The number of hydrogen-bond donors (Lipinski definition) is 4. The first-order valence-electron chi connectivity index (χ1n) is 7.76. The maximum atomic E-state index is 12.3. The van der Waals surface area contributed by atoms with Crippen molar-refractivity contribution in [1.29, 1.82) is 0 Å². The van der Waals surface area contributed by atoms with Gasteiger partial charge in [-0.3, -0.25) is 9.59 Å². The number of fused-ring (bicyclic) bond motifs is 2. The molecule has 0 radical (unpaired) electrons. The molecule has 0 unspecified atom stereocenters. The van der Waals surface area contributed by atoms with Crippen molar-refractivity contribution in [2.24, 2.45) is 0 Å². The van der Waals surface area contributed by atoms with Gasteiger partial charge in [0.25, 0.3) is 0 Å². The molecule has 122 valence electrons. The lowest BCUT2D eigenvalue weighted by molar-refractivity contribution is -0.136. The number of piperazine rings is 1. The molecule has 0 spiro atoms. The number of phenolic OH excluding ortho intramolecular Hbond substituents is 2. The van der Waals surface area contributed by atoms with Gasteiger partial charge in [0.1, 0.15) is 23.6 Å². The van der Waals surface area contributed by atoms with E-state index in [1.807, 2.05) is 0 Å². The minimum absolute atomic E-state index is 0.0573. The summed E-state index contributed by atoms with van der Waals surface area (Å²) < 4.78 is 0. The Morgan fingerprint density at radius 1 is 0.750 bits per heavy atom. The van der Waals surface area contributed by atoms with Crippen molar-refractivity contribution in [2.45, 2.75) is 24.9 Å². The van der Waals surface area contributed by atoms with Gasteiger partial charge in [0.05, 0.1) is 0 Å². The summed E-state index contributed by atoms with van der Waals surface area (Å²) in [6, 6.07) is 8.67. The molecule has 3 heterocycles. The van der Waals surface area contributed by atoms with E-state index in [0.717, 1.165) is 11.1 Å². The molecule has 6 nitrogen and oxygen atoms in total. The summed E-state index contributed by atoms with van der Waals surface area (Å²) in [4.78, 5) is 24.5. The van der Waals surface area contributed by atoms with Crippen LogP contribution in [0.25, 0.3) is 11.1 Å². The molecule has 0 saturated carbocycles. The average molecular weight is 324 g/mol. The number of carbonyl (C=O) groups is 2. The molecule has 1 fully saturated rings. The highest BCUT2D eigenvalue weighted by molar-refractivity contribution is 5.97. The fraction of sp³-hybridized carbons (Fsp3) is 0.222. The number of amides is 2. The molecule has 2 aromatic rings. The van der Waals surface area contributed by atoms with E-state index in [2.05, 4.69) is 10.6 Å². The Balaban J connectivity index is 1.92. The van der Waals surface area contributed by atoms with Crippen LogP contribution in [0.1, 0.15) is 11.1 Å². The van der Waals surface area contributed by atoms with Crippen LogP contribution in [-0.4, -0.2) is 34.1 Å². The number of aromatic hydroxyl groups is 2. The Morgan fingerprint density at radius 2 is 1.17 bits per heavy atom. The van der Waals surface area contributed by atoms with Gasteiger partial charge in [-0.15, -0.1) is 0 Å². The molecule has 6 bridgehead atoms. The summed E-state index contributed by atoms with van der Waals surface area (Å²) in [6.07, 6.45) is 0.635. The molecule has 5 rings (SSSR count). The fourth-order valence-corrected chi connectivity index (χ4v) is 3.29. The summed E-state index contributed by atoms with van der Waals surface area (Å²) in [5, 5.41) is 25.9. The van der Waals surface area contributed by atoms with Crippen LogP contribution in [0.2, 0.25) is 0 Å². The molecule has 24 heavy (non-hydrogen) atoms. The zero-order chi connectivity index (χ0) is 16.8. The highest BCUT2D eigenvalue weighted by Crippen LogP contribution is 2.37. The van der Waals surface area contributed by atoms with E-state index in [1.165, 1.54) is 12.1 Å². The van der Waals surface area contributed by atoms with Crippen molar-refractivity contribution in [3.05, 3.63) is 47.5 Å². The highest BCUT2D eigenvalue weighted by atomic mass is 16.3. The van der Waals surface area contributed by atoms with E-state index in [1.54, 1.807) is 24.3 Å². The largest absolute Gasteiger partial charge is 0.507 e. The standard InChI is InChI=1S/C18H16N2O4/c21-15-3-1-9-5-11(15)12-6-10(2-4-16(12)22)8-14-18(24)19-13(7-9)17(23)20-14/h1-6,13-14,21-22H,7-8H2,(H,19,24)(H,20,23)/t13-,14-/m0/s1. The minimum Gasteiger partial charge on any atom is -0.507 e. The quantitative estimate of drug-likeness (QED) is 0.577. The Morgan fingerprint density at radius 3 is 1.58 bits per heavy atom. The molecule has 3 aliphatic heterocycles. The van der Waals surface area contributed by atoms with Crippen molar-refractivity contribution >= 4 is 11.8 Å². The molecular formula is C18H16N2O4. The maximum absolute atomic E-state index is 12.3. The molecule has 0 aliphatic carbocycles. The number of hydrogen-bond acceptors (Lipinski definition) is 4. The molecule has 0 aromatic heterocycles. The predicted octanol–water partition coefficient (Wildman–Crippen LogP) is 0.847. The van der Waals surface area contributed by atoms with Gasteiger partial charge in [-0.05, 0) is 35.4 Å². The smallest absolute Gasteiger partial charge is 0.243 e. The summed E-state index contributed by atoms with van der Waals surface area (Å²) in [7, 11) is 0. The van der Waals surface area contributed by atoms with Gasteiger partial charge < -0.3 is 20.8 Å². The third-order valence-corrected chi connectivity index (χ3v) is 4.56. The number of carbonyl (C=O) groups excluding carboxylic acids is 2. The highest BCUT2D eigenvalue weighted by Gasteiger charge is 2.34. The second-order valence-electron chi connectivity index (χ2n) is 6.23. The van der Waals surface area contributed by atoms with Gasteiger partial charge in [-0.2, -0.15) is 0 Å². The summed E-state index contributed by atoms with van der Waals surface area (Å²) >= 11 is 0. The van der Waals surface area contributed by atoms with Crippen LogP contribution in [0.3, 0.4) is 0 Å². The van der Waals surface area contributed by atoms with E-state index in [4.69, 9.17) is 0 Å². The van der Waals surface area contributed by atoms with Crippen LogP contribution < -0.4 is 10.6 Å². The molecule has 2 atom stereocenters. The van der Waals surface area contributed by atoms with Crippen molar-refractivity contribution in [2.75, 3.05) is 0 Å². The summed E-state index contributed by atoms with van der Waals surface area (Å²) in [5.41, 5.74) is 2.59. The van der Waals surface area contributed by atoms with Gasteiger partial charge in [-0.1, -0.05) is 12.1 Å². The predicted molar refractivity (Wildman–Crippen MR) is 86.5 cm³/mol. The molecule has 4 N–H and O–H groups in total. The lowest BCUT2D eigenvalue weighted by Crippen LogP contribution is -2.62. The van der Waals surface area contributed by atoms with E-state index in [9.17, 15) is 19.8 Å². The Bertz CT molecular complexity index is 791. The van der Waals surface area contributed by atoms with Crippen molar-refractivity contribution in [3.8, 4) is 22.6 Å². The number of phenols is 2. The first kappa shape index (κ1) is 14.6. The second kappa shape index (κ2) is 5.26. The second-order valence-corrected chi connectivity index (χ2v) is 6.23. The van der Waals surface area contributed by atoms with E-state index >= 15 is 0 Å². The minimum atomic E-state index is -0.641. The number of rotatable bonds is 0. The Hall–Kier alpha value is -3.02. The van der Waals surface area contributed by atoms with Crippen LogP contribution >= 0.6 is 0 Å². The van der Waals surface area contributed by atoms with Crippen LogP contribution in [0.5, 0.6) is 11.5 Å². The van der Waals surface area contributed by atoms with Gasteiger partial charge >= 0.3 is 0 Å². The Kier molecular flexibility index (Phi) is 3.19. The topological polar surface area (TPSA) is 98.7 Å². The normalized spacial score (nSPS) is 22.2. The van der Waals surface area contributed by atoms with E-state index < -0.39 is 12.1 Å². The van der Waals surface area contributed by atoms with Crippen molar-refractivity contribution < 1.29 is 19.8 Å². The van der Waals surface area contributed by atoms with Crippen LogP contribution in [0.15, 0.2) is 36.4 Å². The van der Waals surface area contributed by atoms with E-state index in [-0.39, 0.29) is 23.3 Å². The van der Waals surface area contributed by atoms with Gasteiger partial charge in [0.2, 0.25) is 11.8 Å². The third-order valence-electron chi connectivity index (χ3n) is 4.56. The number of nitrogens with one attached hydrogen (secondary N) is 2. The van der Waals surface area contributed by atoms with E-state index in [0.29, 0.717) is 24.0 Å². The first-order chi connectivity index (χ1) is 11.5. The molecule has 2 aromatic carbocycles. The third kappa shape index (κ3) is 2.36. The zero-order valence-corrected chi connectivity index (χ0v) is 12.7. The van der Waals surface area contributed by atoms with Crippen molar-refractivity contribution in [1.82, 2.24) is 10.6 Å². The maximum Gasteiger partial charge on any atom is 0.243 e. The average Bonchev–Trinajstić information content (AvgIpc) is 2.55. The van der Waals surface area contributed by atoms with Crippen LogP contribution in [-0.2, 0) is 22.4 Å². The molecule has 2 amide bonds. The Labute approximate surface area is 138 Å². The van der Waals surface area contributed by atoms with Crippen LogP contribution in [0.4, 0.5) is 0 Å². The molecular weight excluding hydrogens is 308 g/mol. The molecule has 6 heteroatoms. The van der Waals surface area contributed by atoms with Gasteiger partial charge in [-0.25, -0.2) is 0 Å². The summed E-state index contributed by atoms with van der Waals surface area (Å²) in [5.74, 6) is -0.314. The first-order valence-corrected chi connectivity index (χ1v) is 7.76. The zero-order valence-electron chi connectivity index (χ0n) is 12.7. The van der Waals surface area contributed by atoms with Crippen LogP contribution in [0, 0.1) is 0 Å². The van der Waals surface area contributed by atoms with Crippen molar-refractivity contribution in [3.63, 3.8) is 0 Å². The molecule has 1 saturated heterocycles. The van der Waals surface area contributed by atoms with Gasteiger partial charge in [0, 0.05) is 24.0 Å².